The lowest BCUT2D eigenvalue weighted by Gasteiger charge is -2.04. The molecule has 2 aromatic heterocycles. The molecule has 7 heteroatoms. The minimum absolute atomic E-state index is 0.00394. The molecular formula is C19H18ClN3OS2. The first-order valence-electron chi connectivity index (χ1n) is 8.16. The molecule has 0 saturated carbocycles. The van der Waals surface area contributed by atoms with Crippen molar-refractivity contribution in [1.82, 2.24) is 15.3 Å². The van der Waals surface area contributed by atoms with Gasteiger partial charge in [0.05, 0.1) is 12.1 Å². The normalized spacial score (nSPS) is 10.7. The third-order valence-electron chi connectivity index (χ3n) is 3.61. The van der Waals surface area contributed by atoms with Crippen LogP contribution in [0.3, 0.4) is 0 Å². The number of nitrogens with one attached hydrogen (secondary N) is 1. The first kappa shape index (κ1) is 18.9. The van der Waals surface area contributed by atoms with Crippen molar-refractivity contribution in [3.63, 3.8) is 0 Å². The summed E-state index contributed by atoms with van der Waals surface area (Å²) in [6.45, 7) is 0.614. The second kappa shape index (κ2) is 9.71. The lowest BCUT2D eigenvalue weighted by atomic mass is 10.2. The average Bonchev–Trinajstić information content (AvgIpc) is 3.08. The summed E-state index contributed by atoms with van der Waals surface area (Å²) in [7, 11) is 0. The van der Waals surface area contributed by atoms with Gasteiger partial charge < -0.3 is 5.32 Å². The van der Waals surface area contributed by atoms with E-state index in [-0.39, 0.29) is 5.91 Å². The Labute approximate surface area is 166 Å². The zero-order valence-electron chi connectivity index (χ0n) is 14.0. The molecular weight excluding hydrogens is 386 g/mol. The number of thioether (sulfide) groups is 1. The Morgan fingerprint density at radius 1 is 1.19 bits per heavy atom. The van der Waals surface area contributed by atoms with Gasteiger partial charge >= 0.3 is 0 Å². The molecule has 0 radical (unpaired) electrons. The van der Waals surface area contributed by atoms with Gasteiger partial charge in [-0.05, 0) is 41.8 Å². The van der Waals surface area contributed by atoms with Crippen LogP contribution >= 0.6 is 34.7 Å². The van der Waals surface area contributed by atoms with Gasteiger partial charge in [-0.3, -0.25) is 9.78 Å². The summed E-state index contributed by atoms with van der Waals surface area (Å²) in [5.74, 6) is 0.807. The van der Waals surface area contributed by atoms with E-state index in [1.54, 1.807) is 35.5 Å². The number of halogens is 1. The molecule has 1 aromatic carbocycles. The Kier molecular flexibility index (Phi) is 7.05. The van der Waals surface area contributed by atoms with Crippen LogP contribution in [0.4, 0.5) is 0 Å². The number of pyridine rings is 1. The summed E-state index contributed by atoms with van der Waals surface area (Å²) >= 11 is 9.22. The summed E-state index contributed by atoms with van der Waals surface area (Å²) in [6.07, 6.45) is 4.63. The van der Waals surface area contributed by atoms with E-state index in [1.165, 1.54) is 0 Å². The first-order valence-corrected chi connectivity index (χ1v) is 10.4. The van der Waals surface area contributed by atoms with Crippen molar-refractivity contribution < 1.29 is 4.79 Å². The summed E-state index contributed by atoms with van der Waals surface area (Å²) in [5, 5.41) is 5.63. The van der Waals surface area contributed by atoms with E-state index in [0.717, 1.165) is 38.4 Å². The molecule has 0 aliphatic carbocycles. The molecule has 0 bridgehead atoms. The van der Waals surface area contributed by atoms with Crippen molar-refractivity contribution in [2.24, 2.45) is 0 Å². The second-order valence-corrected chi connectivity index (χ2v) is 8.17. The zero-order valence-corrected chi connectivity index (χ0v) is 16.4. The van der Waals surface area contributed by atoms with Gasteiger partial charge in [0, 0.05) is 35.1 Å². The second-order valence-electron chi connectivity index (χ2n) is 5.66. The van der Waals surface area contributed by atoms with Gasteiger partial charge in [0.2, 0.25) is 5.91 Å². The van der Waals surface area contributed by atoms with E-state index in [1.807, 2.05) is 41.8 Å². The molecule has 1 N–H and O–H groups in total. The third kappa shape index (κ3) is 6.12. The standard InChI is InChI=1S/C19H18ClN3OS2/c20-16-3-1-2-15(10-16)12-25-19-23-17(13-26-19)11-18(24)22-9-6-14-4-7-21-8-5-14/h1-5,7-8,10,13H,6,9,11-12H2,(H,22,24). The van der Waals surface area contributed by atoms with E-state index >= 15 is 0 Å². The topological polar surface area (TPSA) is 54.9 Å². The molecule has 0 fully saturated rings. The molecule has 2 heterocycles. The Hall–Kier alpha value is -1.89. The summed E-state index contributed by atoms with van der Waals surface area (Å²) in [5.41, 5.74) is 3.13. The lowest BCUT2D eigenvalue weighted by molar-refractivity contribution is -0.120. The number of amides is 1. The summed E-state index contributed by atoms with van der Waals surface area (Å²) < 4.78 is 0.963. The molecule has 0 aliphatic rings. The minimum atomic E-state index is -0.00394. The molecule has 3 aromatic rings. The van der Waals surface area contributed by atoms with Crippen molar-refractivity contribution in [2.45, 2.75) is 22.9 Å². The fourth-order valence-corrected chi connectivity index (χ4v) is 4.33. The van der Waals surface area contributed by atoms with Crippen LogP contribution < -0.4 is 5.32 Å². The van der Waals surface area contributed by atoms with Crippen molar-refractivity contribution in [3.8, 4) is 0 Å². The number of benzene rings is 1. The fourth-order valence-electron chi connectivity index (χ4n) is 2.33. The Morgan fingerprint density at radius 2 is 2.04 bits per heavy atom. The molecule has 0 spiro atoms. The van der Waals surface area contributed by atoms with Crippen LogP contribution in [-0.2, 0) is 23.4 Å². The van der Waals surface area contributed by atoms with Gasteiger partial charge in [-0.1, -0.05) is 35.5 Å². The number of aromatic nitrogens is 2. The van der Waals surface area contributed by atoms with Crippen LogP contribution in [0.15, 0.2) is 58.5 Å². The van der Waals surface area contributed by atoms with Crippen molar-refractivity contribution in [1.29, 1.82) is 0 Å². The van der Waals surface area contributed by atoms with Crippen LogP contribution in [0.1, 0.15) is 16.8 Å². The molecule has 1 amide bonds. The quantitative estimate of drug-likeness (QED) is 0.567. The number of hydrogen-bond donors (Lipinski definition) is 1. The monoisotopic (exact) mass is 403 g/mol. The van der Waals surface area contributed by atoms with Gasteiger partial charge in [-0.25, -0.2) is 4.98 Å². The minimum Gasteiger partial charge on any atom is -0.355 e. The molecule has 4 nitrogen and oxygen atoms in total. The molecule has 134 valence electrons. The van der Waals surface area contributed by atoms with Crippen LogP contribution in [0.2, 0.25) is 5.02 Å². The molecule has 3 rings (SSSR count). The number of carbonyl (C=O) groups is 1. The van der Waals surface area contributed by atoms with E-state index < -0.39 is 0 Å². The number of hydrogen-bond acceptors (Lipinski definition) is 5. The Balaban J connectivity index is 1.42. The molecule has 26 heavy (non-hydrogen) atoms. The number of thiazole rings is 1. The van der Waals surface area contributed by atoms with Crippen molar-refractivity contribution in [3.05, 3.63) is 76.0 Å². The van der Waals surface area contributed by atoms with Crippen LogP contribution in [0, 0.1) is 0 Å². The SMILES string of the molecule is O=C(Cc1csc(SCc2cccc(Cl)c2)n1)NCCc1ccncc1. The van der Waals surface area contributed by atoms with Gasteiger partial charge in [-0.15, -0.1) is 11.3 Å². The molecule has 0 aliphatic heterocycles. The van der Waals surface area contributed by atoms with E-state index in [9.17, 15) is 4.79 Å². The summed E-state index contributed by atoms with van der Waals surface area (Å²) in [6, 6.07) is 11.7. The smallest absolute Gasteiger partial charge is 0.226 e. The summed E-state index contributed by atoms with van der Waals surface area (Å²) in [4.78, 5) is 20.6. The number of nitrogens with zero attached hydrogens (tertiary/aromatic N) is 2. The Bertz CT molecular complexity index is 855. The predicted molar refractivity (Wildman–Crippen MR) is 108 cm³/mol. The molecule has 0 saturated heterocycles. The molecule has 0 atom stereocenters. The number of carbonyl (C=O) groups excluding carboxylic acids is 1. The first-order chi connectivity index (χ1) is 12.7. The lowest BCUT2D eigenvalue weighted by Crippen LogP contribution is -2.27. The van der Waals surface area contributed by atoms with Gasteiger partial charge in [0.1, 0.15) is 4.34 Å². The third-order valence-corrected chi connectivity index (χ3v) is 5.98. The number of rotatable bonds is 8. The van der Waals surface area contributed by atoms with Gasteiger partial charge in [-0.2, -0.15) is 0 Å². The maximum absolute atomic E-state index is 12.0. The van der Waals surface area contributed by atoms with Crippen LogP contribution in [0.25, 0.3) is 0 Å². The van der Waals surface area contributed by atoms with Crippen LogP contribution in [-0.4, -0.2) is 22.4 Å². The predicted octanol–water partition coefficient (Wildman–Crippen LogP) is 4.39. The molecule has 0 unspecified atom stereocenters. The highest BCUT2D eigenvalue weighted by Gasteiger charge is 2.08. The maximum Gasteiger partial charge on any atom is 0.226 e. The van der Waals surface area contributed by atoms with Gasteiger partial charge in [0.25, 0.3) is 0 Å². The van der Waals surface area contributed by atoms with E-state index in [4.69, 9.17) is 11.6 Å². The van der Waals surface area contributed by atoms with Crippen molar-refractivity contribution >= 4 is 40.6 Å². The maximum atomic E-state index is 12.0. The highest BCUT2D eigenvalue weighted by atomic mass is 35.5. The highest BCUT2D eigenvalue weighted by Crippen LogP contribution is 2.27. The van der Waals surface area contributed by atoms with E-state index in [0.29, 0.717) is 13.0 Å². The van der Waals surface area contributed by atoms with E-state index in [2.05, 4.69) is 15.3 Å². The van der Waals surface area contributed by atoms with Crippen LogP contribution in [0.5, 0.6) is 0 Å². The van der Waals surface area contributed by atoms with Crippen molar-refractivity contribution in [2.75, 3.05) is 6.54 Å². The Morgan fingerprint density at radius 3 is 2.85 bits per heavy atom. The van der Waals surface area contributed by atoms with Gasteiger partial charge in [0.15, 0.2) is 0 Å². The largest absolute Gasteiger partial charge is 0.355 e. The average molecular weight is 404 g/mol. The zero-order chi connectivity index (χ0) is 18.2. The fraction of sp³-hybridized carbons (Fsp3) is 0.211. The highest BCUT2D eigenvalue weighted by molar-refractivity contribution is 8.00.